The van der Waals surface area contributed by atoms with Gasteiger partial charge in [0, 0.05) is 17.5 Å². The molecule has 0 bridgehead atoms. The highest BCUT2D eigenvalue weighted by atomic mass is 19.1. The average Bonchev–Trinajstić information content (AvgIpc) is 2.48. The van der Waals surface area contributed by atoms with Crippen LogP contribution in [0.2, 0.25) is 0 Å². The predicted octanol–water partition coefficient (Wildman–Crippen LogP) is 2.66. The van der Waals surface area contributed by atoms with E-state index in [9.17, 15) is 14.0 Å². The van der Waals surface area contributed by atoms with Crippen LogP contribution in [0.15, 0.2) is 36.4 Å². The molecule has 0 fully saturated rings. The van der Waals surface area contributed by atoms with Crippen molar-refractivity contribution in [3.63, 3.8) is 0 Å². The van der Waals surface area contributed by atoms with Gasteiger partial charge in [-0.1, -0.05) is 24.3 Å². The van der Waals surface area contributed by atoms with Crippen molar-refractivity contribution in [2.45, 2.75) is 13.3 Å². The van der Waals surface area contributed by atoms with Gasteiger partial charge < -0.3 is 10.1 Å². The van der Waals surface area contributed by atoms with Crippen molar-refractivity contribution in [2.75, 3.05) is 13.2 Å². The van der Waals surface area contributed by atoms with E-state index in [1.165, 1.54) is 12.1 Å². The van der Waals surface area contributed by atoms with Gasteiger partial charge in [-0.25, -0.2) is 4.39 Å². The highest BCUT2D eigenvalue weighted by molar-refractivity contribution is 6.07. The maximum absolute atomic E-state index is 13.7. The molecule has 2 rings (SSSR count). The number of esters is 1. The van der Waals surface area contributed by atoms with Gasteiger partial charge >= 0.3 is 5.97 Å². The minimum atomic E-state index is -0.367. The van der Waals surface area contributed by atoms with Gasteiger partial charge in [0.2, 0.25) is 0 Å². The summed E-state index contributed by atoms with van der Waals surface area (Å²) in [6, 6.07) is 9.49. The molecule has 0 saturated carbocycles. The molecule has 1 amide bonds. The van der Waals surface area contributed by atoms with Crippen molar-refractivity contribution in [1.29, 1.82) is 0 Å². The molecule has 4 nitrogen and oxygen atoms in total. The van der Waals surface area contributed by atoms with Crippen molar-refractivity contribution < 1.29 is 18.7 Å². The molecule has 21 heavy (non-hydrogen) atoms. The molecule has 0 aliphatic rings. The summed E-state index contributed by atoms with van der Waals surface area (Å²) in [5.41, 5.74) is 0.385. The van der Waals surface area contributed by atoms with Crippen LogP contribution in [0.25, 0.3) is 10.8 Å². The summed E-state index contributed by atoms with van der Waals surface area (Å²) >= 11 is 0. The normalized spacial score (nSPS) is 10.4. The van der Waals surface area contributed by atoms with Crippen molar-refractivity contribution in [3.05, 3.63) is 47.8 Å². The minimum absolute atomic E-state index is 0.110. The summed E-state index contributed by atoms with van der Waals surface area (Å²) in [5, 5.41) is 3.58. The summed E-state index contributed by atoms with van der Waals surface area (Å²) in [4.78, 5) is 23.3. The van der Waals surface area contributed by atoms with Gasteiger partial charge in [-0.3, -0.25) is 9.59 Å². The fourth-order valence-corrected chi connectivity index (χ4v) is 2.07. The first-order valence-electron chi connectivity index (χ1n) is 6.74. The van der Waals surface area contributed by atoms with E-state index in [2.05, 4.69) is 5.32 Å². The largest absolute Gasteiger partial charge is 0.466 e. The molecular formula is C16H16FNO3. The molecule has 0 radical (unpaired) electrons. The van der Waals surface area contributed by atoms with Crippen LogP contribution in [0.5, 0.6) is 0 Å². The SMILES string of the molecule is CCOC(=O)CCNC(=O)c1ccc(F)c2ccccc12. The zero-order valence-electron chi connectivity index (χ0n) is 11.7. The number of fused-ring (bicyclic) bond motifs is 1. The van der Waals surface area contributed by atoms with E-state index in [1.807, 2.05) is 0 Å². The summed E-state index contributed by atoms with van der Waals surface area (Å²) < 4.78 is 18.5. The molecule has 5 heteroatoms. The number of carbonyl (C=O) groups is 2. The van der Waals surface area contributed by atoms with Gasteiger partial charge in [0.05, 0.1) is 13.0 Å². The van der Waals surface area contributed by atoms with Crippen molar-refractivity contribution in [1.82, 2.24) is 5.32 Å². The summed E-state index contributed by atoms with van der Waals surface area (Å²) in [5.74, 6) is -1.06. The lowest BCUT2D eigenvalue weighted by Crippen LogP contribution is -2.26. The van der Waals surface area contributed by atoms with Gasteiger partial charge in [0.25, 0.3) is 5.91 Å². The Bertz CT molecular complexity index is 670. The number of carbonyl (C=O) groups excluding carboxylic acids is 2. The summed E-state index contributed by atoms with van der Waals surface area (Å²) in [6.07, 6.45) is 0.110. The Morgan fingerprint density at radius 3 is 2.57 bits per heavy atom. The first-order chi connectivity index (χ1) is 10.1. The Labute approximate surface area is 121 Å². The molecule has 0 atom stereocenters. The zero-order chi connectivity index (χ0) is 15.2. The minimum Gasteiger partial charge on any atom is -0.466 e. The molecule has 110 valence electrons. The molecule has 0 heterocycles. The lowest BCUT2D eigenvalue weighted by atomic mass is 10.0. The lowest BCUT2D eigenvalue weighted by Gasteiger charge is -2.08. The molecule has 0 saturated heterocycles. The van der Waals surface area contributed by atoms with Gasteiger partial charge in [-0.05, 0) is 24.4 Å². The number of hydrogen-bond donors (Lipinski definition) is 1. The molecule has 0 aliphatic heterocycles. The Kier molecular flexibility index (Phi) is 4.87. The van der Waals surface area contributed by atoms with Gasteiger partial charge in [-0.15, -0.1) is 0 Å². The smallest absolute Gasteiger partial charge is 0.307 e. The molecule has 2 aromatic carbocycles. The monoisotopic (exact) mass is 289 g/mol. The van der Waals surface area contributed by atoms with Crippen LogP contribution in [0, 0.1) is 5.82 Å². The lowest BCUT2D eigenvalue weighted by molar-refractivity contribution is -0.142. The second-order valence-electron chi connectivity index (χ2n) is 4.45. The average molecular weight is 289 g/mol. The number of ether oxygens (including phenoxy) is 1. The number of amides is 1. The Morgan fingerprint density at radius 2 is 1.86 bits per heavy atom. The van der Waals surface area contributed by atoms with E-state index in [0.717, 1.165) is 0 Å². The maximum Gasteiger partial charge on any atom is 0.307 e. The molecule has 0 aromatic heterocycles. The van der Waals surface area contributed by atoms with Crippen LogP contribution in [-0.2, 0) is 9.53 Å². The van der Waals surface area contributed by atoms with E-state index >= 15 is 0 Å². The zero-order valence-corrected chi connectivity index (χ0v) is 11.7. The summed E-state index contributed by atoms with van der Waals surface area (Å²) in [7, 11) is 0. The first-order valence-corrected chi connectivity index (χ1v) is 6.74. The van der Waals surface area contributed by atoms with E-state index < -0.39 is 0 Å². The molecule has 0 spiro atoms. The molecule has 0 aliphatic carbocycles. The number of halogens is 1. The van der Waals surface area contributed by atoms with E-state index in [1.54, 1.807) is 31.2 Å². The van der Waals surface area contributed by atoms with Gasteiger partial charge in [0.1, 0.15) is 5.82 Å². The van der Waals surface area contributed by atoms with Crippen LogP contribution < -0.4 is 5.32 Å². The van der Waals surface area contributed by atoms with Gasteiger partial charge in [0.15, 0.2) is 0 Å². The van der Waals surface area contributed by atoms with Crippen molar-refractivity contribution in [3.8, 4) is 0 Å². The van der Waals surface area contributed by atoms with Crippen LogP contribution in [-0.4, -0.2) is 25.0 Å². The number of benzene rings is 2. The Morgan fingerprint density at radius 1 is 1.14 bits per heavy atom. The maximum atomic E-state index is 13.7. The Balaban J connectivity index is 2.10. The van der Waals surface area contributed by atoms with Crippen LogP contribution in [0.3, 0.4) is 0 Å². The van der Waals surface area contributed by atoms with E-state index in [0.29, 0.717) is 22.9 Å². The van der Waals surface area contributed by atoms with Gasteiger partial charge in [-0.2, -0.15) is 0 Å². The molecule has 0 unspecified atom stereocenters. The van der Waals surface area contributed by atoms with Crippen molar-refractivity contribution in [2.24, 2.45) is 0 Å². The Hall–Kier alpha value is -2.43. The van der Waals surface area contributed by atoms with Crippen LogP contribution in [0.4, 0.5) is 4.39 Å². The molecule has 2 aromatic rings. The third-order valence-electron chi connectivity index (χ3n) is 3.04. The fraction of sp³-hybridized carbons (Fsp3) is 0.250. The highest BCUT2D eigenvalue weighted by Gasteiger charge is 2.12. The first kappa shape index (κ1) is 15.0. The predicted molar refractivity (Wildman–Crippen MR) is 77.5 cm³/mol. The van der Waals surface area contributed by atoms with E-state index in [-0.39, 0.29) is 30.7 Å². The second kappa shape index (κ2) is 6.83. The standard InChI is InChI=1S/C16H16FNO3/c1-2-21-15(19)9-10-18-16(20)13-7-8-14(17)12-6-4-3-5-11(12)13/h3-8H,2,9-10H2,1H3,(H,18,20). The number of hydrogen-bond acceptors (Lipinski definition) is 3. The summed E-state index contributed by atoms with van der Waals surface area (Å²) in [6.45, 7) is 2.22. The fourth-order valence-electron chi connectivity index (χ4n) is 2.07. The third kappa shape index (κ3) is 3.56. The topological polar surface area (TPSA) is 55.4 Å². The van der Waals surface area contributed by atoms with Crippen LogP contribution >= 0.6 is 0 Å². The molecular weight excluding hydrogens is 273 g/mol. The molecule has 1 N–H and O–H groups in total. The van der Waals surface area contributed by atoms with Crippen molar-refractivity contribution >= 4 is 22.6 Å². The number of rotatable bonds is 5. The highest BCUT2D eigenvalue weighted by Crippen LogP contribution is 2.21. The quantitative estimate of drug-likeness (QED) is 0.861. The third-order valence-corrected chi connectivity index (χ3v) is 3.04. The second-order valence-corrected chi connectivity index (χ2v) is 4.45. The number of nitrogens with one attached hydrogen (secondary N) is 1. The van der Waals surface area contributed by atoms with Crippen LogP contribution in [0.1, 0.15) is 23.7 Å². The van der Waals surface area contributed by atoms with E-state index in [4.69, 9.17) is 4.74 Å².